The summed E-state index contributed by atoms with van der Waals surface area (Å²) >= 11 is 8.78. The summed E-state index contributed by atoms with van der Waals surface area (Å²) < 4.78 is 10.0. The minimum absolute atomic E-state index is 0.735. The van der Waals surface area contributed by atoms with Crippen LogP contribution in [0.15, 0.2) is 59.3 Å². The van der Waals surface area contributed by atoms with Crippen molar-refractivity contribution in [1.82, 2.24) is 18.7 Å². The van der Waals surface area contributed by atoms with E-state index in [-0.39, 0.29) is 0 Å². The molecule has 1 aromatic carbocycles. The number of hydrogen-bond donors (Lipinski definition) is 0. The fourth-order valence-corrected chi connectivity index (χ4v) is 15.6. The second-order valence-electron chi connectivity index (χ2n) is 21.6. The molecule has 0 spiro atoms. The van der Waals surface area contributed by atoms with Gasteiger partial charge in [-0.25, -0.2) is 9.97 Å². The summed E-state index contributed by atoms with van der Waals surface area (Å²) in [5.74, 6) is 1.47. The first-order valence-electron chi connectivity index (χ1n) is 29.9. The van der Waals surface area contributed by atoms with E-state index in [4.69, 9.17) is 18.7 Å². The molecule has 73 heavy (non-hydrogen) atoms. The van der Waals surface area contributed by atoms with Crippen LogP contribution in [0.1, 0.15) is 243 Å². The molecule has 7 aromatic rings. The van der Waals surface area contributed by atoms with Gasteiger partial charge in [0.1, 0.15) is 33.5 Å². The van der Waals surface area contributed by atoms with Crippen LogP contribution >= 0.6 is 57.1 Å². The molecule has 0 amide bonds. The molecule has 0 aliphatic carbocycles. The summed E-state index contributed by atoms with van der Waals surface area (Å²) in [6.07, 6.45) is 46.3. The molecule has 398 valence electrons. The minimum Gasteiger partial charge on any atom is -0.242 e. The first kappa shape index (κ1) is 57.9. The van der Waals surface area contributed by atoms with E-state index in [0.717, 1.165) is 56.4 Å². The van der Waals surface area contributed by atoms with E-state index in [0.29, 0.717) is 0 Å². The van der Waals surface area contributed by atoms with Gasteiger partial charge in [-0.15, -0.1) is 45.3 Å². The van der Waals surface area contributed by atoms with Crippen LogP contribution in [0.3, 0.4) is 0 Å². The van der Waals surface area contributed by atoms with Gasteiger partial charge >= 0.3 is 0 Å². The zero-order valence-electron chi connectivity index (χ0n) is 45.8. The highest BCUT2D eigenvalue weighted by Gasteiger charge is 2.27. The van der Waals surface area contributed by atoms with Crippen molar-refractivity contribution in [2.45, 2.75) is 246 Å². The van der Waals surface area contributed by atoms with Crippen LogP contribution in [-0.2, 0) is 12.8 Å². The third-order valence-electron chi connectivity index (χ3n) is 15.5. The smallest absolute Gasteiger partial charge is 0.116 e. The van der Waals surface area contributed by atoms with Crippen LogP contribution in [0.25, 0.3) is 64.1 Å². The highest BCUT2D eigenvalue weighted by molar-refractivity contribution is 7.16. The third kappa shape index (κ3) is 18.1. The molecule has 0 bridgehead atoms. The molecule has 2 unspecified atom stereocenters. The van der Waals surface area contributed by atoms with Crippen molar-refractivity contribution in [2.24, 2.45) is 11.8 Å². The Labute approximate surface area is 463 Å². The van der Waals surface area contributed by atoms with E-state index in [1.807, 2.05) is 22.7 Å². The van der Waals surface area contributed by atoms with Crippen molar-refractivity contribution >= 4 is 79.1 Å². The van der Waals surface area contributed by atoms with E-state index in [9.17, 15) is 0 Å². The molecule has 7 rings (SSSR count). The Balaban J connectivity index is 1.21. The number of rotatable bonds is 40. The number of thiophene rings is 4. The molecule has 4 nitrogen and oxygen atoms in total. The van der Waals surface area contributed by atoms with Crippen LogP contribution in [0.4, 0.5) is 0 Å². The first-order valence-corrected chi connectivity index (χ1v) is 34.0. The number of hydrogen-bond acceptors (Lipinski definition) is 9. The van der Waals surface area contributed by atoms with Gasteiger partial charge in [0.15, 0.2) is 0 Å². The SMILES string of the molecule is CCCCCCCCCCC(CCCCCCCC)Cc1ccc(-c2nc3c(-c4cccs4)c4nsnc4c(-c4cccs4)c3nc2-c2ccc(CC(CCCCCCCC)CCCCCCCCCC)s2)s1. The second kappa shape index (κ2) is 33.4. The molecule has 0 aliphatic heterocycles. The monoisotopic (exact) mass is 1080 g/mol. The van der Waals surface area contributed by atoms with Gasteiger partial charge in [0.2, 0.25) is 0 Å². The van der Waals surface area contributed by atoms with Crippen molar-refractivity contribution in [3.8, 4) is 42.0 Å². The van der Waals surface area contributed by atoms with Crippen molar-refractivity contribution in [3.05, 3.63) is 69.0 Å². The van der Waals surface area contributed by atoms with Crippen molar-refractivity contribution in [3.63, 3.8) is 0 Å². The summed E-state index contributed by atoms with van der Waals surface area (Å²) in [6.45, 7) is 9.30. The van der Waals surface area contributed by atoms with Gasteiger partial charge in [-0.05, 0) is 71.8 Å². The van der Waals surface area contributed by atoms with Crippen LogP contribution in [0.2, 0.25) is 0 Å². The van der Waals surface area contributed by atoms with Crippen LogP contribution < -0.4 is 0 Å². The maximum Gasteiger partial charge on any atom is 0.116 e. The predicted octanol–water partition coefficient (Wildman–Crippen LogP) is 23.4. The highest BCUT2D eigenvalue weighted by Crippen LogP contribution is 2.47. The van der Waals surface area contributed by atoms with Crippen LogP contribution in [-0.4, -0.2) is 18.7 Å². The molecule has 6 heterocycles. The van der Waals surface area contributed by atoms with Gasteiger partial charge in [0.05, 0.1) is 21.5 Å². The van der Waals surface area contributed by atoms with E-state index in [2.05, 4.69) is 87.0 Å². The Morgan fingerprint density at radius 1 is 0.356 bits per heavy atom. The van der Waals surface area contributed by atoms with Crippen LogP contribution in [0.5, 0.6) is 0 Å². The quantitative estimate of drug-likeness (QED) is 0.0359. The Bertz CT molecular complexity index is 2360. The Morgan fingerprint density at radius 3 is 1.00 bits per heavy atom. The molecular weight excluding hydrogens is 985 g/mol. The van der Waals surface area contributed by atoms with E-state index in [1.54, 1.807) is 22.7 Å². The molecule has 0 radical (unpaired) electrons. The predicted molar refractivity (Wildman–Crippen MR) is 329 cm³/mol. The maximum absolute atomic E-state index is 5.88. The fraction of sp³-hybridized carbons (Fsp3) is 0.625. The minimum atomic E-state index is 0.735. The van der Waals surface area contributed by atoms with Gasteiger partial charge in [-0.2, -0.15) is 8.75 Å². The molecular formula is C64H92N4S5. The summed E-state index contributed by atoms with van der Waals surface area (Å²) in [6, 6.07) is 18.4. The normalized spacial score (nSPS) is 12.8. The average Bonchev–Trinajstić information content (AvgIpc) is 4.28. The molecule has 0 saturated heterocycles. The van der Waals surface area contributed by atoms with E-state index in [1.165, 1.54) is 259 Å². The van der Waals surface area contributed by atoms with Crippen LogP contribution in [0, 0.1) is 11.8 Å². The van der Waals surface area contributed by atoms with Crippen molar-refractivity contribution in [1.29, 1.82) is 0 Å². The molecule has 2 atom stereocenters. The number of aromatic nitrogens is 4. The van der Waals surface area contributed by atoms with E-state index >= 15 is 0 Å². The van der Waals surface area contributed by atoms with Crippen molar-refractivity contribution in [2.75, 3.05) is 0 Å². The fourth-order valence-electron chi connectivity index (χ4n) is 11.2. The first-order chi connectivity index (χ1) is 36.1. The average molecular weight is 1080 g/mol. The Kier molecular flexibility index (Phi) is 26.4. The van der Waals surface area contributed by atoms with Crippen molar-refractivity contribution < 1.29 is 0 Å². The summed E-state index contributed by atoms with van der Waals surface area (Å²) in [5, 5.41) is 4.34. The molecule has 6 aromatic heterocycles. The van der Waals surface area contributed by atoms with Gasteiger partial charge < -0.3 is 0 Å². The Hall–Kier alpha value is -2.82. The number of unbranched alkanes of at least 4 members (excludes halogenated alkanes) is 24. The lowest BCUT2D eigenvalue weighted by Gasteiger charge is -2.17. The van der Waals surface area contributed by atoms with Gasteiger partial charge in [0, 0.05) is 30.6 Å². The number of fused-ring (bicyclic) bond motifs is 2. The summed E-state index contributed by atoms with van der Waals surface area (Å²) in [7, 11) is 0. The van der Waals surface area contributed by atoms with Gasteiger partial charge in [-0.1, -0.05) is 245 Å². The number of nitrogens with zero attached hydrogens (tertiary/aromatic N) is 4. The number of benzene rings is 1. The maximum atomic E-state index is 5.88. The molecule has 0 aliphatic rings. The molecule has 9 heteroatoms. The zero-order valence-corrected chi connectivity index (χ0v) is 49.9. The Morgan fingerprint density at radius 2 is 0.685 bits per heavy atom. The van der Waals surface area contributed by atoms with E-state index < -0.39 is 0 Å². The molecule has 0 fully saturated rings. The summed E-state index contributed by atoms with van der Waals surface area (Å²) in [5.41, 5.74) is 7.94. The zero-order chi connectivity index (χ0) is 50.7. The lowest BCUT2D eigenvalue weighted by molar-refractivity contribution is 0.402. The topological polar surface area (TPSA) is 51.6 Å². The van der Waals surface area contributed by atoms with Gasteiger partial charge in [0.25, 0.3) is 0 Å². The van der Waals surface area contributed by atoms with Gasteiger partial charge in [-0.3, -0.25) is 0 Å². The summed E-state index contributed by atoms with van der Waals surface area (Å²) in [4.78, 5) is 19.6. The lowest BCUT2D eigenvalue weighted by atomic mass is 9.91. The standard InChI is InChI=1S/C64H92N4S5/c1-5-9-13-17-21-23-27-31-37-49(35-29-25-19-15-11-7-3)47-51-41-43-55(71-51)59-60(56-44-42-52(72-56)48-50(36-30-26-20-16-12-8-4)38-32-28-24-22-18-14-10-6-2)66-62-58(54-40-34-46-70-54)64-63(67-73-68-64)57(61(62)65-59)53-39-33-45-69-53/h33-34,39-46,49-50H,5-32,35-38,47-48H2,1-4H3. The third-order valence-corrected chi connectivity index (χ3v) is 20.0. The molecule has 0 saturated carbocycles. The largest absolute Gasteiger partial charge is 0.242 e. The lowest BCUT2D eigenvalue weighted by Crippen LogP contribution is -2.04. The molecule has 0 N–H and O–H groups in total. The highest BCUT2D eigenvalue weighted by atomic mass is 32.1. The second-order valence-corrected chi connectivity index (χ2v) is 26.4.